The van der Waals surface area contributed by atoms with E-state index in [1.54, 1.807) is 18.2 Å². The summed E-state index contributed by atoms with van der Waals surface area (Å²) < 4.78 is 0. The Morgan fingerprint density at radius 2 is 1.91 bits per heavy atom. The molecule has 1 rings (SSSR count). The van der Waals surface area contributed by atoms with E-state index in [1.165, 1.54) is 6.07 Å². The van der Waals surface area contributed by atoms with E-state index in [0.29, 0.717) is 5.69 Å². The van der Waals surface area contributed by atoms with Gasteiger partial charge in [0.25, 0.3) is 0 Å². The minimum atomic E-state index is -0.988. The average Bonchev–Trinajstić information content (AvgIpc) is 1.88. The molecule has 1 radical (unpaired) electrons. The number of rotatable bonds is 1. The Hall–Kier alpha value is -0.770. The molecule has 0 aliphatic heterocycles. The van der Waals surface area contributed by atoms with Crippen molar-refractivity contribution in [3.8, 4) is 0 Å². The Morgan fingerprint density at radius 3 is 2.27 bits per heavy atom. The molecule has 1 aromatic carbocycles. The molecule has 0 spiro atoms. The number of nitrogen functional groups attached to an aromatic ring is 1. The van der Waals surface area contributed by atoms with E-state index in [-0.39, 0.29) is 27.9 Å². The first kappa shape index (κ1) is 10.2. The maximum absolute atomic E-state index is 10.3. The van der Waals surface area contributed by atoms with Gasteiger partial charge < -0.3 is 10.8 Å². The molecule has 11 heavy (non-hydrogen) atoms. The molecule has 63 valence electrons. The summed E-state index contributed by atoms with van der Waals surface area (Å²) in [7, 11) is 0. The van der Waals surface area contributed by atoms with Crippen LogP contribution in [0, 0.1) is 0 Å². The minimum absolute atomic E-state index is 0. The second-order valence-electron chi connectivity index (χ2n) is 1.89. The van der Waals surface area contributed by atoms with Gasteiger partial charge in [-0.2, -0.15) is 0 Å². The van der Waals surface area contributed by atoms with Crippen molar-refractivity contribution in [3.63, 3.8) is 0 Å². The molecule has 1 aromatic rings. The van der Waals surface area contributed by atoms with E-state index in [1.807, 2.05) is 0 Å². The molecular weight excluding hydrogens is 238 g/mol. The fourth-order valence-corrected chi connectivity index (χ4v) is 0.692. The number of para-hydroxylation sites is 1. The summed E-state index contributed by atoms with van der Waals surface area (Å²) in [5.41, 5.74) is 5.80. The topological polar surface area (TPSA) is 63.3 Å². The normalized spacial score (nSPS) is 8.36. The van der Waals surface area contributed by atoms with E-state index in [2.05, 4.69) is 0 Å². The number of benzene rings is 1. The Labute approximate surface area is 79.7 Å². The Kier molecular flexibility index (Phi) is 3.89. The number of hydrogen-bond acceptors (Lipinski definition) is 2. The fraction of sp³-hybridized carbons (Fsp3) is 0. The van der Waals surface area contributed by atoms with Crippen LogP contribution in [0.3, 0.4) is 0 Å². The van der Waals surface area contributed by atoms with Crippen LogP contribution in [0.5, 0.6) is 0 Å². The van der Waals surface area contributed by atoms with Crippen molar-refractivity contribution in [3.05, 3.63) is 29.8 Å². The molecule has 0 bridgehead atoms. The summed E-state index contributed by atoms with van der Waals surface area (Å²) >= 11 is 0. The first-order chi connectivity index (χ1) is 4.72. The molecule has 0 aliphatic rings. The first-order valence-electron chi connectivity index (χ1n) is 2.79. The zero-order valence-corrected chi connectivity index (χ0v) is 7.03. The molecule has 3 N–H and O–H groups in total. The van der Waals surface area contributed by atoms with Crippen LogP contribution >= 0.6 is 0 Å². The van der Waals surface area contributed by atoms with Gasteiger partial charge >= 0.3 is 5.97 Å². The maximum atomic E-state index is 10.3. The van der Waals surface area contributed by atoms with Crippen molar-refractivity contribution in [1.82, 2.24) is 0 Å². The van der Waals surface area contributed by atoms with Gasteiger partial charge in [0.1, 0.15) is 0 Å². The predicted octanol–water partition coefficient (Wildman–Crippen LogP) is 0.965. The van der Waals surface area contributed by atoms with E-state index in [9.17, 15) is 4.79 Å². The zero-order chi connectivity index (χ0) is 7.56. The second kappa shape index (κ2) is 4.18. The van der Waals surface area contributed by atoms with Gasteiger partial charge in [0.05, 0.1) is 5.56 Å². The maximum Gasteiger partial charge on any atom is 0.337 e. The van der Waals surface area contributed by atoms with Crippen molar-refractivity contribution in [1.29, 1.82) is 0 Å². The van der Waals surface area contributed by atoms with Crippen LogP contribution in [0.4, 0.5) is 5.69 Å². The molecule has 0 aromatic heterocycles. The van der Waals surface area contributed by atoms with Crippen molar-refractivity contribution >= 4 is 11.7 Å². The number of carboxylic acids is 1. The summed E-state index contributed by atoms with van der Waals surface area (Å²) in [5.74, 6) is -0.988. The molecule has 0 fully saturated rings. The van der Waals surface area contributed by atoms with Gasteiger partial charge in [-0.25, -0.2) is 4.79 Å². The smallest absolute Gasteiger partial charge is 0.337 e. The zero-order valence-electron chi connectivity index (χ0n) is 5.54. The van der Waals surface area contributed by atoms with Gasteiger partial charge in [0.2, 0.25) is 0 Å². The molecule has 0 heterocycles. The molecule has 0 saturated carbocycles. The molecule has 4 heteroatoms. The predicted molar refractivity (Wildman–Crippen MR) is 37.8 cm³/mol. The number of hydrogen-bond donors (Lipinski definition) is 2. The summed E-state index contributed by atoms with van der Waals surface area (Å²) in [6, 6.07) is 6.36. The molecule has 0 unspecified atom stereocenters. The number of aromatic carboxylic acids is 1. The number of anilines is 1. The third-order valence-corrected chi connectivity index (χ3v) is 1.19. The van der Waals surface area contributed by atoms with Crippen LogP contribution in [-0.2, 0) is 22.4 Å². The van der Waals surface area contributed by atoms with E-state index < -0.39 is 5.97 Å². The van der Waals surface area contributed by atoms with Crippen LogP contribution in [0.1, 0.15) is 10.4 Å². The van der Waals surface area contributed by atoms with E-state index in [4.69, 9.17) is 10.8 Å². The van der Waals surface area contributed by atoms with Crippen molar-refractivity contribution < 1.29 is 32.3 Å². The monoisotopic (exact) mass is 244 g/mol. The SMILES string of the molecule is Nc1ccccc1C(=O)O.[Ag]. The third-order valence-electron chi connectivity index (χ3n) is 1.19. The van der Waals surface area contributed by atoms with Gasteiger partial charge in [-0.05, 0) is 12.1 Å². The summed E-state index contributed by atoms with van der Waals surface area (Å²) in [6.07, 6.45) is 0. The molecular formula is C7H7AgNO2. The van der Waals surface area contributed by atoms with Crippen molar-refractivity contribution in [2.24, 2.45) is 0 Å². The summed E-state index contributed by atoms with van der Waals surface area (Å²) in [4.78, 5) is 10.3. The summed E-state index contributed by atoms with van der Waals surface area (Å²) in [5, 5.41) is 8.49. The Morgan fingerprint density at radius 1 is 1.36 bits per heavy atom. The number of nitrogens with two attached hydrogens (primary N) is 1. The number of carbonyl (C=O) groups is 1. The molecule has 0 amide bonds. The van der Waals surface area contributed by atoms with Gasteiger partial charge in [-0.1, -0.05) is 12.1 Å². The molecule has 3 nitrogen and oxygen atoms in total. The Balaban J connectivity index is 0.000001000. The van der Waals surface area contributed by atoms with Crippen LogP contribution in [-0.4, -0.2) is 11.1 Å². The van der Waals surface area contributed by atoms with Gasteiger partial charge in [-0.3, -0.25) is 0 Å². The third kappa shape index (κ3) is 2.38. The molecule has 0 aliphatic carbocycles. The van der Waals surface area contributed by atoms with Crippen LogP contribution in [0.15, 0.2) is 24.3 Å². The molecule has 0 saturated heterocycles. The van der Waals surface area contributed by atoms with Crippen LogP contribution in [0.2, 0.25) is 0 Å². The Bertz CT molecular complexity index is 262. The van der Waals surface area contributed by atoms with Crippen LogP contribution in [0.25, 0.3) is 0 Å². The average molecular weight is 245 g/mol. The van der Waals surface area contributed by atoms with Gasteiger partial charge in [0, 0.05) is 28.1 Å². The van der Waals surface area contributed by atoms with E-state index >= 15 is 0 Å². The van der Waals surface area contributed by atoms with Gasteiger partial charge in [0.15, 0.2) is 0 Å². The van der Waals surface area contributed by atoms with Gasteiger partial charge in [-0.15, -0.1) is 0 Å². The standard InChI is InChI=1S/C7H7NO2.Ag/c8-6-4-2-1-3-5(6)7(9)10;/h1-4H,8H2,(H,9,10);. The largest absolute Gasteiger partial charge is 0.478 e. The van der Waals surface area contributed by atoms with Crippen molar-refractivity contribution in [2.75, 3.05) is 5.73 Å². The number of carboxylic acid groups (broad SMARTS) is 1. The summed E-state index contributed by atoms with van der Waals surface area (Å²) in [6.45, 7) is 0. The fourth-order valence-electron chi connectivity index (χ4n) is 0.692. The van der Waals surface area contributed by atoms with Crippen molar-refractivity contribution in [2.45, 2.75) is 0 Å². The van der Waals surface area contributed by atoms with E-state index in [0.717, 1.165) is 0 Å². The quantitative estimate of drug-likeness (QED) is 0.572. The van der Waals surface area contributed by atoms with Crippen LogP contribution < -0.4 is 5.73 Å². The first-order valence-corrected chi connectivity index (χ1v) is 2.79. The minimum Gasteiger partial charge on any atom is -0.478 e. The second-order valence-corrected chi connectivity index (χ2v) is 1.89. The molecule has 0 atom stereocenters.